The van der Waals surface area contributed by atoms with E-state index in [0.29, 0.717) is 12.2 Å². The Morgan fingerprint density at radius 2 is 1.90 bits per heavy atom. The lowest BCUT2D eigenvalue weighted by Gasteiger charge is -2.29. The number of carbonyl (C=O) groups excluding carboxylic acids is 1. The highest BCUT2D eigenvalue weighted by molar-refractivity contribution is 5.76. The first kappa shape index (κ1) is 16.0. The molecule has 0 aromatic heterocycles. The van der Waals surface area contributed by atoms with E-state index in [0.717, 1.165) is 5.56 Å². The lowest BCUT2D eigenvalue weighted by atomic mass is 9.93. The molecule has 0 bridgehead atoms. The van der Waals surface area contributed by atoms with E-state index >= 15 is 0 Å². The average Bonchev–Trinajstić information content (AvgIpc) is 2.30. The minimum Gasteiger partial charge on any atom is -0.481 e. The molecule has 6 heteroatoms. The minimum atomic E-state index is -0.973. The van der Waals surface area contributed by atoms with Gasteiger partial charge < -0.3 is 16.6 Å². The summed E-state index contributed by atoms with van der Waals surface area (Å²) in [4.78, 5) is 24.0. The van der Waals surface area contributed by atoms with E-state index in [4.69, 9.17) is 11.5 Å². The highest BCUT2D eigenvalue weighted by Gasteiger charge is 2.30. The van der Waals surface area contributed by atoms with Crippen molar-refractivity contribution >= 4 is 17.6 Å². The number of hydrogen-bond donors (Lipinski definition) is 3. The van der Waals surface area contributed by atoms with Gasteiger partial charge >= 0.3 is 5.97 Å². The van der Waals surface area contributed by atoms with E-state index in [1.807, 2.05) is 18.2 Å². The fraction of sp³-hybridized carbons (Fsp3) is 0.429. The lowest BCUT2D eigenvalue weighted by molar-refractivity contribution is -0.148. The van der Waals surface area contributed by atoms with Crippen LogP contribution in [0.15, 0.2) is 24.3 Å². The number of nitrogens with zero attached hydrogens (tertiary/aromatic N) is 1. The number of nitrogen functional groups attached to an aromatic ring is 1. The first-order chi connectivity index (χ1) is 9.22. The molecule has 20 heavy (non-hydrogen) atoms. The zero-order valence-electron chi connectivity index (χ0n) is 11.8. The van der Waals surface area contributed by atoms with Crippen LogP contribution in [0.25, 0.3) is 0 Å². The third-order valence-electron chi connectivity index (χ3n) is 3.03. The van der Waals surface area contributed by atoms with E-state index < -0.39 is 17.3 Å². The maximum Gasteiger partial charge on any atom is 0.310 e. The molecular weight excluding hydrogens is 258 g/mol. The summed E-state index contributed by atoms with van der Waals surface area (Å²) >= 11 is 0. The fourth-order valence-electron chi connectivity index (χ4n) is 1.93. The summed E-state index contributed by atoms with van der Waals surface area (Å²) in [6.45, 7) is 3.80. The molecule has 0 aliphatic heterocycles. The summed E-state index contributed by atoms with van der Waals surface area (Å²) in [6, 6.07) is 7.27. The first-order valence-electron chi connectivity index (χ1n) is 6.30. The van der Waals surface area contributed by atoms with Gasteiger partial charge in [0.15, 0.2) is 0 Å². The smallest absolute Gasteiger partial charge is 0.310 e. The molecule has 1 amide bonds. The fourth-order valence-corrected chi connectivity index (χ4v) is 1.93. The number of nitrogens with two attached hydrogens (primary N) is 2. The van der Waals surface area contributed by atoms with Gasteiger partial charge in [-0.2, -0.15) is 0 Å². The molecule has 0 spiro atoms. The van der Waals surface area contributed by atoms with E-state index in [1.54, 1.807) is 24.8 Å². The molecule has 0 radical (unpaired) electrons. The van der Waals surface area contributed by atoms with Crippen LogP contribution in [0.5, 0.6) is 0 Å². The number of carboxylic acids is 1. The van der Waals surface area contributed by atoms with Gasteiger partial charge in [-0.1, -0.05) is 18.2 Å². The Kier molecular flexibility index (Phi) is 5.10. The molecule has 1 aromatic carbocycles. The van der Waals surface area contributed by atoms with Gasteiger partial charge in [0, 0.05) is 18.8 Å². The summed E-state index contributed by atoms with van der Waals surface area (Å²) in [6.07, 6.45) is 0. The molecule has 5 N–H and O–H groups in total. The van der Waals surface area contributed by atoms with Gasteiger partial charge in [-0.3, -0.25) is 14.5 Å². The maximum atomic E-state index is 11.2. The number of amides is 1. The molecule has 0 fully saturated rings. The lowest BCUT2D eigenvalue weighted by Crippen LogP contribution is -2.42. The van der Waals surface area contributed by atoms with Crippen LogP contribution in [0, 0.1) is 5.41 Å². The van der Waals surface area contributed by atoms with Crippen molar-refractivity contribution in [1.29, 1.82) is 0 Å². The Hall–Kier alpha value is -2.08. The summed E-state index contributed by atoms with van der Waals surface area (Å²) in [5.74, 6) is -1.42. The molecule has 0 saturated heterocycles. The molecule has 0 aliphatic rings. The van der Waals surface area contributed by atoms with Crippen molar-refractivity contribution in [2.45, 2.75) is 20.4 Å². The molecule has 0 aliphatic carbocycles. The molecule has 0 saturated carbocycles. The van der Waals surface area contributed by atoms with Gasteiger partial charge in [-0.25, -0.2) is 0 Å². The van der Waals surface area contributed by atoms with Gasteiger partial charge in [0.2, 0.25) is 5.91 Å². The van der Waals surface area contributed by atoms with E-state index in [9.17, 15) is 14.7 Å². The van der Waals surface area contributed by atoms with Crippen molar-refractivity contribution in [1.82, 2.24) is 4.90 Å². The molecule has 0 heterocycles. The number of anilines is 1. The number of rotatable bonds is 7. The Morgan fingerprint density at radius 3 is 2.40 bits per heavy atom. The van der Waals surface area contributed by atoms with E-state index in [2.05, 4.69) is 0 Å². The van der Waals surface area contributed by atoms with Crippen molar-refractivity contribution in [2.24, 2.45) is 11.1 Å². The summed E-state index contributed by atoms with van der Waals surface area (Å²) < 4.78 is 0. The minimum absolute atomic E-state index is 0.00888. The summed E-state index contributed by atoms with van der Waals surface area (Å²) in [5, 5.41) is 9.18. The van der Waals surface area contributed by atoms with Crippen molar-refractivity contribution in [3.05, 3.63) is 29.8 Å². The molecule has 6 nitrogen and oxygen atoms in total. The van der Waals surface area contributed by atoms with Gasteiger partial charge in [-0.05, 0) is 25.5 Å². The molecule has 1 rings (SSSR count). The second-order valence-corrected chi connectivity index (χ2v) is 5.50. The summed E-state index contributed by atoms with van der Waals surface area (Å²) in [7, 11) is 0. The van der Waals surface area contributed by atoms with Crippen LogP contribution in [0.3, 0.4) is 0 Å². The predicted octanol–water partition coefficient (Wildman–Crippen LogP) is 0.667. The second kappa shape index (κ2) is 6.38. The highest BCUT2D eigenvalue weighted by atomic mass is 16.4. The van der Waals surface area contributed by atoms with Crippen LogP contribution in [0.4, 0.5) is 5.69 Å². The number of benzene rings is 1. The number of aliphatic carboxylic acids is 1. The number of primary amides is 1. The molecule has 1 aromatic rings. The van der Waals surface area contributed by atoms with Crippen LogP contribution in [0.1, 0.15) is 19.4 Å². The number of carboxylic acid groups (broad SMARTS) is 1. The second-order valence-electron chi connectivity index (χ2n) is 5.50. The number of carbonyl (C=O) groups is 2. The van der Waals surface area contributed by atoms with Crippen LogP contribution in [0.2, 0.25) is 0 Å². The Bertz CT molecular complexity index is 500. The Morgan fingerprint density at radius 1 is 1.30 bits per heavy atom. The SMILES string of the molecule is CC(C)(CN(CC(N)=O)Cc1ccccc1N)C(=O)O. The van der Waals surface area contributed by atoms with Crippen molar-refractivity contribution < 1.29 is 14.7 Å². The zero-order chi connectivity index (χ0) is 15.3. The molecular formula is C14H21N3O3. The standard InChI is InChI=1S/C14H21N3O3/c1-14(2,13(19)20)9-17(8-12(16)18)7-10-5-3-4-6-11(10)15/h3-6H,7-9,15H2,1-2H3,(H2,16,18)(H,19,20). The van der Waals surface area contributed by atoms with Crippen LogP contribution in [-0.4, -0.2) is 35.0 Å². The molecule has 0 unspecified atom stereocenters. The Labute approximate surface area is 118 Å². The van der Waals surface area contributed by atoms with Crippen LogP contribution >= 0.6 is 0 Å². The van der Waals surface area contributed by atoms with Crippen molar-refractivity contribution in [2.75, 3.05) is 18.8 Å². The monoisotopic (exact) mass is 279 g/mol. The quantitative estimate of drug-likeness (QED) is 0.635. The Balaban J connectivity index is 2.88. The van der Waals surface area contributed by atoms with Gasteiger partial charge in [0.25, 0.3) is 0 Å². The molecule has 110 valence electrons. The number of hydrogen-bond acceptors (Lipinski definition) is 4. The van der Waals surface area contributed by atoms with E-state index in [-0.39, 0.29) is 13.1 Å². The largest absolute Gasteiger partial charge is 0.481 e. The van der Waals surface area contributed by atoms with Crippen LogP contribution in [-0.2, 0) is 16.1 Å². The van der Waals surface area contributed by atoms with Crippen LogP contribution < -0.4 is 11.5 Å². The third-order valence-corrected chi connectivity index (χ3v) is 3.03. The van der Waals surface area contributed by atoms with Crippen molar-refractivity contribution in [3.63, 3.8) is 0 Å². The maximum absolute atomic E-state index is 11.2. The average molecular weight is 279 g/mol. The number of para-hydroxylation sites is 1. The van der Waals surface area contributed by atoms with Gasteiger partial charge in [0.1, 0.15) is 0 Å². The van der Waals surface area contributed by atoms with Gasteiger partial charge in [-0.15, -0.1) is 0 Å². The van der Waals surface area contributed by atoms with E-state index in [1.165, 1.54) is 0 Å². The van der Waals surface area contributed by atoms with Gasteiger partial charge in [0.05, 0.1) is 12.0 Å². The normalized spacial score (nSPS) is 11.6. The zero-order valence-corrected chi connectivity index (χ0v) is 11.8. The topological polar surface area (TPSA) is 110 Å². The third kappa shape index (κ3) is 4.55. The highest BCUT2D eigenvalue weighted by Crippen LogP contribution is 2.20. The summed E-state index contributed by atoms with van der Waals surface area (Å²) in [5.41, 5.74) is 11.6. The first-order valence-corrected chi connectivity index (χ1v) is 6.30. The predicted molar refractivity (Wildman–Crippen MR) is 76.7 cm³/mol. The van der Waals surface area contributed by atoms with Crippen molar-refractivity contribution in [3.8, 4) is 0 Å². The molecule has 0 atom stereocenters.